The maximum Gasteiger partial charge on any atom is 0.433 e. The van der Waals surface area contributed by atoms with Crippen molar-refractivity contribution in [2.75, 3.05) is 5.43 Å². The molecule has 0 saturated heterocycles. The fourth-order valence-corrected chi connectivity index (χ4v) is 2.41. The van der Waals surface area contributed by atoms with Gasteiger partial charge in [-0.05, 0) is 19.9 Å². The number of rotatable bonds is 5. The van der Waals surface area contributed by atoms with E-state index in [0.717, 1.165) is 17.0 Å². The van der Waals surface area contributed by atoms with E-state index in [1.54, 1.807) is 17.8 Å². The Morgan fingerprint density at radius 1 is 1.29 bits per heavy atom. The van der Waals surface area contributed by atoms with Crippen molar-refractivity contribution >= 4 is 12.2 Å². The first kappa shape index (κ1) is 19.5. The summed E-state index contributed by atoms with van der Waals surface area (Å²) in [7, 11) is 1.42. The molecule has 0 spiro atoms. The van der Waals surface area contributed by atoms with Crippen LogP contribution >= 0.6 is 0 Å². The van der Waals surface area contributed by atoms with Gasteiger partial charge in [0.15, 0.2) is 5.69 Å². The zero-order valence-corrected chi connectivity index (χ0v) is 15.2. The molecule has 0 aromatic carbocycles. The third-order valence-electron chi connectivity index (χ3n) is 3.82. The number of aryl methyl sites for hydroxylation is 3. The van der Waals surface area contributed by atoms with Crippen molar-refractivity contribution in [1.82, 2.24) is 29.5 Å². The number of nitrogens with zero attached hydrogens (tertiary/aromatic N) is 7. The van der Waals surface area contributed by atoms with Crippen LogP contribution in [0.15, 0.2) is 23.6 Å². The molecule has 148 valence electrons. The monoisotopic (exact) mass is 396 g/mol. The van der Waals surface area contributed by atoms with Gasteiger partial charge < -0.3 is 0 Å². The van der Waals surface area contributed by atoms with Gasteiger partial charge in [0.1, 0.15) is 0 Å². The van der Waals surface area contributed by atoms with Gasteiger partial charge >= 0.3 is 6.18 Å². The molecule has 0 aliphatic carbocycles. The van der Waals surface area contributed by atoms with Crippen LogP contribution in [-0.2, 0) is 19.8 Å². The number of anilines is 1. The van der Waals surface area contributed by atoms with E-state index in [0.29, 0.717) is 17.8 Å². The van der Waals surface area contributed by atoms with E-state index in [-0.39, 0.29) is 17.2 Å². The average molecular weight is 396 g/mol. The Morgan fingerprint density at radius 2 is 2.04 bits per heavy atom. The minimum absolute atomic E-state index is 0.0310. The highest BCUT2D eigenvalue weighted by atomic mass is 19.4. The summed E-state index contributed by atoms with van der Waals surface area (Å²) >= 11 is 0. The van der Waals surface area contributed by atoms with Crippen LogP contribution in [0.2, 0.25) is 0 Å². The third kappa shape index (κ3) is 4.00. The topological polar surface area (TPSA) is 85.8 Å². The summed E-state index contributed by atoms with van der Waals surface area (Å²) in [5, 5.41) is 11.7. The number of hydrogen-bond acceptors (Lipinski definition) is 6. The van der Waals surface area contributed by atoms with Crippen LogP contribution in [0.25, 0.3) is 11.3 Å². The van der Waals surface area contributed by atoms with Gasteiger partial charge in [-0.15, -0.1) is 0 Å². The van der Waals surface area contributed by atoms with E-state index in [1.165, 1.54) is 13.2 Å². The maximum atomic E-state index is 13.9. The molecule has 0 bridgehead atoms. The zero-order valence-electron chi connectivity index (χ0n) is 15.2. The highest BCUT2D eigenvalue weighted by molar-refractivity contribution is 5.81. The van der Waals surface area contributed by atoms with E-state index in [9.17, 15) is 17.6 Å². The highest BCUT2D eigenvalue weighted by Crippen LogP contribution is 2.31. The lowest BCUT2D eigenvalue weighted by Crippen LogP contribution is -2.11. The number of halogens is 4. The summed E-state index contributed by atoms with van der Waals surface area (Å²) in [6.45, 7) is 3.98. The predicted octanol–water partition coefficient (Wildman–Crippen LogP) is 3.01. The van der Waals surface area contributed by atoms with Crippen molar-refractivity contribution in [3.05, 3.63) is 41.4 Å². The van der Waals surface area contributed by atoms with E-state index >= 15 is 0 Å². The van der Waals surface area contributed by atoms with Gasteiger partial charge in [-0.2, -0.15) is 32.9 Å². The first-order valence-electron chi connectivity index (χ1n) is 8.16. The fourth-order valence-electron chi connectivity index (χ4n) is 2.41. The van der Waals surface area contributed by atoms with Crippen molar-refractivity contribution < 1.29 is 17.6 Å². The molecule has 0 aliphatic heterocycles. The van der Waals surface area contributed by atoms with Crippen LogP contribution in [0.3, 0.4) is 0 Å². The van der Waals surface area contributed by atoms with Crippen molar-refractivity contribution in [1.29, 1.82) is 0 Å². The zero-order chi connectivity index (χ0) is 20.5. The molecule has 3 aromatic rings. The predicted molar refractivity (Wildman–Crippen MR) is 93.0 cm³/mol. The Hall–Kier alpha value is -3.31. The summed E-state index contributed by atoms with van der Waals surface area (Å²) in [5.41, 5.74) is 2.09. The van der Waals surface area contributed by atoms with Gasteiger partial charge in [-0.1, -0.05) is 0 Å². The molecule has 12 heteroatoms. The maximum absolute atomic E-state index is 13.9. The lowest BCUT2D eigenvalue weighted by Gasteiger charge is -2.09. The van der Waals surface area contributed by atoms with Gasteiger partial charge in [0.25, 0.3) is 0 Å². The van der Waals surface area contributed by atoms with Crippen LogP contribution < -0.4 is 5.43 Å². The number of hydrazone groups is 1. The number of hydrogen-bond donors (Lipinski definition) is 1. The van der Waals surface area contributed by atoms with Crippen LogP contribution in [0, 0.1) is 12.9 Å². The van der Waals surface area contributed by atoms with E-state index < -0.39 is 17.8 Å². The van der Waals surface area contributed by atoms with E-state index in [2.05, 4.69) is 30.7 Å². The van der Waals surface area contributed by atoms with E-state index in [4.69, 9.17) is 0 Å². The minimum atomic E-state index is -4.68. The fraction of sp³-hybridized carbons (Fsp3) is 0.312. The molecule has 0 aliphatic rings. The van der Waals surface area contributed by atoms with Crippen LogP contribution in [0.5, 0.6) is 0 Å². The van der Waals surface area contributed by atoms with Gasteiger partial charge in [0.05, 0.1) is 29.4 Å². The molecule has 3 rings (SSSR count). The minimum Gasteiger partial charge on any atom is -0.272 e. The molecular formula is C16H16F4N8. The van der Waals surface area contributed by atoms with Crippen LogP contribution in [0.1, 0.15) is 23.9 Å². The second-order valence-electron chi connectivity index (χ2n) is 5.83. The normalized spacial score (nSPS) is 12.1. The lowest BCUT2D eigenvalue weighted by molar-refractivity contribution is -0.141. The molecule has 0 atom stereocenters. The molecule has 0 fully saturated rings. The Labute approximate surface area is 156 Å². The van der Waals surface area contributed by atoms with Gasteiger partial charge in [0, 0.05) is 25.4 Å². The Balaban J connectivity index is 1.93. The standard InChI is InChI=1S/C16H16F4N8/c1-4-28-8-10(6-22-28)12-5-13(16(18,19)20)24-15(23-12)25-21-7-11-9(2)26-27(3)14(11)17/h5-8H,4H2,1-3H3,(H,23,24,25). The lowest BCUT2D eigenvalue weighted by atomic mass is 10.2. The van der Waals surface area contributed by atoms with E-state index in [1.807, 2.05) is 6.92 Å². The molecule has 0 unspecified atom stereocenters. The smallest absolute Gasteiger partial charge is 0.272 e. The van der Waals surface area contributed by atoms with Crippen molar-refractivity contribution in [3.8, 4) is 11.3 Å². The summed E-state index contributed by atoms with van der Waals surface area (Å²) in [4.78, 5) is 7.48. The first-order chi connectivity index (χ1) is 13.2. The average Bonchev–Trinajstić information content (AvgIpc) is 3.21. The molecule has 1 N–H and O–H groups in total. The Morgan fingerprint density at radius 3 is 2.61 bits per heavy atom. The molecule has 3 aromatic heterocycles. The van der Waals surface area contributed by atoms with Crippen molar-refractivity contribution in [2.24, 2.45) is 12.1 Å². The molecule has 3 heterocycles. The quantitative estimate of drug-likeness (QED) is 0.407. The summed E-state index contributed by atoms with van der Waals surface area (Å²) < 4.78 is 56.0. The van der Waals surface area contributed by atoms with Crippen LogP contribution in [-0.4, -0.2) is 35.7 Å². The summed E-state index contributed by atoms with van der Waals surface area (Å²) in [6.07, 6.45) is -0.585. The molecule has 28 heavy (non-hydrogen) atoms. The van der Waals surface area contributed by atoms with Gasteiger partial charge in [-0.3, -0.25) is 4.68 Å². The van der Waals surface area contributed by atoms with Crippen molar-refractivity contribution in [2.45, 2.75) is 26.6 Å². The molecule has 0 saturated carbocycles. The first-order valence-corrected chi connectivity index (χ1v) is 8.16. The van der Waals surface area contributed by atoms with Crippen molar-refractivity contribution in [3.63, 3.8) is 0 Å². The molecule has 0 radical (unpaired) electrons. The molecule has 0 amide bonds. The highest BCUT2D eigenvalue weighted by Gasteiger charge is 2.34. The Kier molecular flexibility index (Phi) is 5.12. The third-order valence-corrected chi connectivity index (χ3v) is 3.82. The summed E-state index contributed by atoms with van der Waals surface area (Å²) in [6, 6.07) is 0.830. The molecule has 8 nitrogen and oxygen atoms in total. The van der Waals surface area contributed by atoms with Gasteiger partial charge in [-0.25, -0.2) is 20.1 Å². The summed E-state index contributed by atoms with van der Waals surface area (Å²) in [5.74, 6) is -1.01. The number of alkyl halides is 3. The number of aromatic nitrogens is 6. The van der Waals surface area contributed by atoms with Gasteiger partial charge in [0.2, 0.25) is 11.9 Å². The SMILES string of the molecule is CCn1cc(-c2cc(C(F)(F)F)nc(NN=Cc3c(C)nn(C)c3F)n2)cn1. The van der Waals surface area contributed by atoms with Crippen LogP contribution in [0.4, 0.5) is 23.5 Å². The molecular weight excluding hydrogens is 380 g/mol. The second-order valence-corrected chi connectivity index (χ2v) is 5.83. The Bertz CT molecular complexity index is 1020. The second kappa shape index (κ2) is 7.37. The number of nitrogens with one attached hydrogen (secondary N) is 1. The largest absolute Gasteiger partial charge is 0.433 e.